The van der Waals surface area contributed by atoms with Crippen LogP contribution in [0, 0.1) is 0 Å². The minimum Gasteiger partial charge on any atom is -0.460 e. The number of aliphatic hydroxyl groups is 2. The van der Waals surface area contributed by atoms with Gasteiger partial charge in [-0.3, -0.25) is 4.79 Å². The van der Waals surface area contributed by atoms with Crippen molar-refractivity contribution in [2.75, 3.05) is 0 Å². The van der Waals surface area contributed by atoms with Gasteiger partial charge in [-0.1, -0.05) is 54.7 Å². The topological polar surface area (TPSA) is 83.8 Å². The van der Waals surface area contributed by atoms with Crippen LogP contribution in [0.4, 0.5) is 0 Å². The summed E-state index contributed by atoms with van der Waals surface area (Å²) in [6.07, 6.45) is 20.5. The van der Waals surface area contributed by atoms with E-state index in [2.05, 4.69) is 0 Å². The number of cyclic esters (lactones) is 1. The largest absolute Gasteiger partial charge is 0.460 e. The van der Waals surface area contributed by atoms with Gasteiger partial charge in [-0.2, -0.15) is 0 Å². The minimum absolute atomic E-state index is 0.0522. The van der Waals surface area contributed by atoms with Crippen LogP contribution >= 0.6 is 0 Å². The van der Waals surface area contributed by atoms with E-state index in [1.807, 2.05) is 19.1 Å². The molecule has 3 atom stereocenters. The molecule has 1 heterocycles. The van der Waals surface area contributed by atoms with Crippen molar-refractivity contribution in [3.05, 3.63) is 60.8 Å². The van der Waals surface area contributed by atoms with Gasteiger partial charge < -0.3 is 14.9 Å². The number of allylic oxidation sites excluding steroid dienone is 6. The normalized spacial score (nSPS) is 32.3. The molecule has 1 aliphatic heterocycles. The average Bonchev–Trinajstić information content (AvgIpc) is 2.65. The standard InChI is InChI=1S/C24H34O5/c1-20-13-7-3-2-4-8-16-22(26)19-23(27)17-11-5-9-14-21(25)15-10-6-12-18-24(28)29-20/h2,4-6,9-12,14,18,20-21,23,25,27H,3,7-8,13,15-17,19H2,1H3/b4-2-,10-6-,11-5-,14-9-,18-12-/t20-,21-,23+/m1/s1. The Kier molecular flexibility index (Phi) is 13.4. The molecule has 0 spiro atoms. The maximum Gasteiger partial charge on any atom is 0.331 e. The van der Waals surface area contributed by atoms with E-state index in [9.17, 15) is 19.8 Å². The molecule has 29 heavy (non-hydrogen) atoms. The SMILES string of the molecule is C[C@@H]1CCC/C=C\CCC(=O)C[C@@H](O)C/C=C\C=C/[C@@H](O)C/C=C\C=C/C(=O)O1. The number of carbonyl (C=O) groups is 2. The zero-order chi connectivity index (χ0) is 21.3. The van der Waals surface area contributed by atoms with Gasteiger partial charge in [0.1, 0.15) is 5.78 Å². The summed E-state index contributed by atoms with van der Waals surface area (Å²) in [7, 11) is 0. The van der Waals surface area contributed by atoms with Crippen molar-refractivity contribution >= 4 is 11.8 Å². The molecule has 0 saturated heterocycles. The molecule has 0 fully saturated rings. The molecular weight excluding hydrogens is 368 g/mol. The quantitative estimate of drug-likeness (QED) is 0.470. The van der Waals surface area contributed by atoms with E-state index in [0.29, 0.717) is 25.7 Å². The van der Waals surface area contributed by atoms with Crippen molar-refractivity contribution in [2.45, 2.75) is 76.6 Å². The molecule has 1 aliphatic rings. The summed E-state index contributed by atoms with van der Waals surface area (Å²) in [6, 6.07) is 0. The van der Waals surface area contributed by atoms with Crippen LogP contribution in [0.2, 0.25) is 0 Å². The van der Waals surface area contributed by atoms with Gasteiger partial charge in [0, 0.05) is 18.9 Å². The van der Waals surface area contributed by atoms with Gasteiger partial charge in [0.05, 0.1) is 18.3 Å². The highest BCUT2D eigenvalue weighted by atomic mass is 16.5. The van der Waals surface area contributed by atoms with Crippen LogP contribution in [-0.4, -0.2) is 40.3 Å². The van der Waals surface area contributed by atoms with E-state index in [1.165, 1.54) is 6.08 Å². The minimum atomic E-state index is -0.675. The molecule has 0 aromatic carbocycles. The van der Waals surface area contributed by atoms with Crippen LogP contribution in [0.3, 0.4) is 0 Å². The van der Waals surface area contributed by atoms with Crippen LogP contribution in [0.5, 0.6) is 0 Å². The van der Waals surface area contributed by atoms with Crippen molar-refractivity contribution < 1.29 is 24.5 Å². The van der Waals surface area contributed by atoms with Gasteiger partial charge in [-0.05, 0) is 45.4 Å². The maximum absolute atomic E-state index is 11.9. The van der Waals surface area contributed by atoms with Crippen molar-refractivity contribution in [2.24, 2.45) is 0 Å². The molecule has 0 unspecified atom stereocenters. The number of esters is 1. The second-order valence-electron chi connectivity index (χ2n) is 7.22. The first-order valence-electron chi connectivity index (χ1n) is 10.4. The first-order chi connectivity index (χ1) is 14.0. The molecule has 0 aromatic rings. The maximum atomic E-state index is 11.9. The molecule has 1 rings (SSSR count). The molecule has 0 amide bonds. The lowest BCUT2D eigenvalue weighted by Crippen LogP contribution is -2.12. The van der Waals surface area contributed by atoms with E-state index in [0.717, 1.165) is 19.3 Å². The third kappa shape index (κ3) is 14.4. The van der Waals surface area contributed by atoms with E-state index < -0.39 is 12.2 Å². The second kappa shape index (κ2) is 15.7. The van der Waals surface area contributed by atoms with Crippen LogP contribution in [0.25, 0.3) is 0 Å². The molecule has 160 valence electrons. The zero-order valence-electron chi connectivity index (χ0n) is 17.3. The monoisotopic (exact) mass is 402 g/mol. The van der Waals surface area contributed by atoms with Crippen LogP contribution in [-0.2, 0) is 14.3 Å². The van der Waals surface area contributed by atoms with Crippen LogP contribution in [0.1, 0.15) is 58.3 Å². The molecule has 0 bridgehead atoms. The molecule has 5 heteroatoms. The van der Waals surface area contributed by atoms with Gasteiger partial charge in [0.2, 0.25) is 0 Å². The zero-order valence-corrected chi connectivity index (χ0v) is 17.3. The Morgan fingerprint density at radius 2 is 1.66 bits per heavy atom. The van der Waals surface area contributed by atoms with Crippen LogP contribution < -0.4 is 0 Å². The van der Waals surface area contributed by atoms with E-state index in [4.69, 9.17) is 4.74 Å². The Bertz CT molecular complexity index is 627. The van der Waals surface area contributed by atoms with Gasteiger partial charge in [0.15, 0.2) is 0 Å². The summed E-state index contributed by atoms with van der Waals surface area (Å²) < 4.78 is 5.31. The predicted molar refractivity (Wildman–Crippen MR) is 115 cm³/mol. The highest BCUT2D eigenvalue weighted by molar-refractivity contribution is 5.82. The Labute approximate surface area is 174 Å². The van der Waals surface area contributed by atoms with E-state index >= 15 is 0 Å². The van der Waals surface area contributed by atoms with Gasteiger partial charge in [-0.15, -0.1) is 0 Å². The van der Waals surface area contributed by atoms with Gasteiger partial charge in [-0.25, -0.2) is 4.79 Å². The second-order valence-corrected chi connectivity index (χ2v) is 7.22. The van der Waals surface area contributed by atoms with Crippen molar-refractivity contribution in [1.82, 2.24) is 0 Å². The number of carbonyl (C=O) groups excluding carboxylic acids is 2. The van der Waals surface area contributed by atoms with Gasteiger partial charge >= 0.3 is 5.97 Å². The van der Waals surface area contributed by atoms with Crippen molar-refractivity contribution in [3.63, 3.8) is 0 Å². The number of aliphatic hydroxyl groups excluding tert-OH is 2. The summed E-state index contributed by atoms with van der Waals surface area (Å²) >= 11 is 0. The summed E-state index contributed by atoms with van der Waals surface area (Å²) in [5.74, 6) is -0.324. The fourth-order valence-corrected chi connectivity index (χ4v) is 2.76. The lowest BCUT2D eigenvalue weighted by Gasteiger charge is -2.10. The third-order valence-electron chi connectivity index (χ3n) is 4.36. The van der Waals surface area contributed by atoms with Crippen molar-refractivity contribution in [3.8, 4) is 0 Å². The summed E-state index contributed by atoms with van der Waals surface area (Å²) in [6.45, 7) is 1.87. The molecular formula is C24H34O5. The number of ketones is 1. The molecule has 0 saturated carbocycles. The van der Waals surface area contributed by atoms with Crippen LogP contribution in [0.15, 0.2) is 60.8 Å². The Morgan fingerprint density at radius 3 is 2.48 bits per heavy atom. The highest BCUT2D eigenvalue weighted by Gasteiger charge is 2.09. The fourth-order valence-electron chi connectivity index (χ4n) is 2.76. The number of ether oxygens (including phenoxy) is 1. The summed E-state index contributed by atoms with van der Waals surface area (Å²) in [5, 5.41) is 19.8. The molecule has 0 radical (unpaired) electrons. The Balaban J connectivity index is 2.61. The highest BCUT2D eigenvalue weighted by Crippen LogP contribution is 2.08. The number of hydrogen-bond acceptors (Lipinski definition) is 5. The first kappa shape index (κ1) is 24.8. The predicted octanol–water partition coefficient (Wildman–Crippen LogP) is 4.12. The molecule has 0 aliphatic carbocycles. The number of hydrogen-bond donors (Lipinski definition) is 2. The van der Waals surface area contributed by atoms with Crippen molar-refractivity contribution in [1.29, 1.82) is 0 Å². The third-order valence-corrected chi connectivity index (χ3v) is 4.36. The summed E-state index contributed by atoms with van der Waals surface area (Å²) in [5.41, 5.74) is 0. The lowest BCUT2D eigenvalue weighted by atomic mass is 10.1. The average molecular weight is 403 g/mol. The molecule has 0 aromatic heterocycles. The number of rotatable bonds is 0. The Morgan fingerprint density at radius 1 is 0.931 bits per heavy atom. The summed E-state index contributed by atoms with van der Waals surface area (Å²) in [4.78, 5) is 23.6. The fraction of sp³-hybridized carbons (Fsp3) is 0.500. The molecule has 5 nitrogen and oxygen atoms in total. The lowest BCUT2D eigenvalue weighted by molar-refractivity contribution is -0.142. The molecule has 2 N–H and O–H groups in total. The smallest absolute Gasteiger partial charge is 0.331 e. The number of Topliss-reactive ketones (excluding diaryl/α,β-unsaturated/α-hetero) is 1. The Hall–Kier alpha value is -2.24. The first-order valence-corrected chi connectivity index (χ1v) is 10.4. The van der Waals surface area contributed by atoms with E-state index in [1.54, 1.807) is 42.5 Å². The van der Waals surface area contributed by atoms with E-state index in [-0.39, 0.29) is 24.3 Å². The van der Waals surface area contributed by atoms with Gasteiger partial charge in [0.25, 0.3) is 0 Å².